The number of carbonyl (C=O) groups excluding carboxylic acids is 2. The summed E-state index contributed by atoms with van der Waals surface area (Å²) in [6.45, 7) is 3.60. The molecule has 10 nitrogen and oxygen atoms in total. The summed E-state index contributed by atoms with van der Waals surface area (Å²) in [5.41, 5.74) is 1.30. The van der Waals surface area contributed by atoms with Gasteiger partial charge in [-0.25, -0.2) is 9.59 Å². The highest BCUT2D eigenvalue weighted by Crippen LogP contribution is 2.42. The summed E-state index contributed by atoms with van der Waals surface area (Å²) in [6.07, 6.45) is 9.32. The summed E-state index contributed by atoms with van der Waals surface area (Å²) < 4.78 is 12.0. The summed E-state index contributed by atoms with van der Waals surface area (Å²) >= 11 is 0. The third-order valence-corrected chi connectivity index (χ3v) is 6.51. The first-order valence-corrected chi connectivity index (χ1v) is 11.4. The number of imidazole rings is 1. The van der Waals surface area contributed by atoms with Gasteiger partial charge in [-0.05, 0) is 42.5 Å². The molecule has 3 rings (SSSR count). The summed E-state index contributed by atoms with van der Waals surface area (Å²) in [7, 11) is 2.82. The van der Waals surface area contributed by atoms with E-state index >= 15 is 0 Å². The van der Waals surface area contributed by atoms with Crippen molar-refractivity contribution < 1.29 is 24.0 Å². The monoisotopic (exact) mass is 460 g/mol. The fourth-order valence-electron chi connectivity index (χ4n) is 4.91. The van der Waals surface area contributed by atoms with E-state index in [1.165, 1.54) is 50.1 Å². The number of rotatable bonds is 8. The number of aromatic nitrogens is 2. The van der Waals surface area contributed by atoms with Gasteiger partial charge in [-0.15, -0.1) is 0 Å². The van der Waals surface area contributed by atoms with Crippen LogP contribution in [0.2, 0.25) is 0 Å². The average molecular weight is 461 g/mol. The summed E-state index contributed by atoms with van der Waals surface area (Å²) in [6, 6.07) is 0. The molecule has 0 amide bonds. The van der Waals surface area contributed by atoms with Crippen molar-refractivity contribution in [1.29, 1.82) is 0 Å². The molecular formula is C23H32N4O6. The molecule has 0 spiro atoms. The van der Waals surface area contributed by atoms with E-state index < -0.39 is 28.6 Å². The number of nitrogens with zero attached hydrogens (tertiary/aromatic N) is 3. The van der Waals surface area contributed by atoms with Crippen LogP contribution in [-0.4, -0.2) is 40.1 Å². The first-order chi connectivity index (χ1) is 15.8. The van der Waals surface area contributed by atoms with Crippen molar-refractivity contribution in [3.05, 3.63) is 44.7 Å². The normalized spacial score (nSPS) is 19.3. The van der Waals surface area contributed by atoms with Gasteiger partial charge in [0.1, 0.15) is 5.69 Å². The van der Waals surface area contributed by atoms with Gasteiger partial charge in [-0.1, -0.05) is 32.1 Å². The number of carbonyl (C=O) groups is 2. The van der Waals surface area contributed by atoms with Gasteiger partial charge in [0.2, 0.25) is 6.33 Å². The van der Waals surface area contributed by atoms with Crippen molar-refractivity contribution in [2.75, 3.05) is 13.7 Å². The molecule has 33 heavy (non-hydrogen) atoms. The second-order valence-electron chi connectivity index (χ2n) is 8.73. The highest BCUT2D eigenvalue weighted by atomic mass is 16.6. The Balaban J connectivity index is 1.88. The van der Waals surface area contributed by atoms with Crippen LogP contribution in [0.25, 0.3) is 0 Å². The van der Waals surface area contributed by atoms with Gasteiger partial charge in [0.15, 0.2) is 0 Å². The third kappa shape index (κ3) is 5.26. The molecule has 180 valence electrons. The van der Waals surface area contributed by atoms with Crippen molar-refractivity contribution in [1.82, 2.24) is 14.9 Å². The molecule has 2 heterocycles. The zero-order valence-electron chi connectivity index (χ0n) is 19.7. The van der Waals surface area contributed by atoms with Crippen molar-refractivity contribution in [3.8, 4) is 0 Å². The first kappa shape index (κ1) is 24.5. The van der Waals surface area contributed by atoms with Crippen LogP contribution in [0, 0.1) is 16.0 Å². The van der Waals surface area contributed by atoms with E-state index in [0.29, 0.717) is 17.3 Å². The lowest BCUT2D eigenvalue weighted by atomic mass is 9.82. The minimum absolute atomic E-state index is 0.115. The van der Waals surface area contributed by atoms with Gasteiger partial charge < -0.3 is 29.5 Å². The van der Waals surface area contributed by atoms with E-state index in [2.05, 4.69) is 10.3 Å². The minimum Gasteiger partial charge on any atom is -0.466 e. The molecule has 1 aliphatic heterocycles. The van der Waals surface area contributed by atoms with Crippen molar-refractivity contribution in [3.63, 3.8) is 0 Å². The Morgan fingerprint density at radius 1 is 1.18 bits per heavy atom. The molecule has 1 N–H and O–H groups in total. The fraction of sp³-hybridized carbons (Fsp3) is 0.609. The topological polar surface area (TPSA) is 126 Å². The molecule has 1 atom stereocenters. The number of nitro groups is 1. The van der Waals surface area contributed by atoms with Crippen LogP contribution < -0.4 is 5.32 Å². The summed E-state index contributed by atoms with van der Waals surface area (Å²) in [4.78, 5) is 40.8. The molecule has 0 aromatic carbocycles. The third-order valence-electron chi connectivity index (χ3n) is 6.51. The van der Waals surface area contributed by atoms with Crippen LogP contribution in [0.1, 0.15) is 70.4 Å². The van der Waals surface area contributed by atoms with Gasteiger partial charge in [0.05, 0.1) is 30.8 Å². The van der Waals surface area contributed by atoms with Crippen molar-refractivity contribution >= 4 is 17.8 Å². The lowest BCUT2D eigenvalue weighted by Gasteiger charge is -2.29. The highest BCUT2D eigenvalue weighted by molar-refractivity contribution is 6.00. The number of hydrogen-bond acceptors (Lipinski definition) is 8. The second kappa shape index (κ2) is 10.6. The Morgan fingerprint density at radius 3 is 2.42 bits per heavy atom. The zero-order chi connectivity index (χ0) is 24.1. The molecule has 1 aromatic rings. The molecule has 0 radical (unpaired) electrons. The number of ether oxygens (including phenoxy) is 2. The largest absolute Gasteiger partial charge is 0.466 e. The zero-order valence-corrected chi connectivity index (χ0v) is 19.7. The van der Waals surface area contributed by atoms with Gasteiger partial charge >= 0.3 is 17.8 Å². The Kier molecular flexibility index (Phi) is 7.88. The number of allylic oxidation sites excluding steroid dienone is 2. The SMILES string of the molecule is COC(=O)C1=C(C)NC(C)=C(C(=O)OCCCC2CCCCC2)C1c1c([N+](=O)[O-])ncn1C. The Hall–Kier alpha value is -3.17. The van der Waals surface area contributed by atoms with Crippen molar-refractivity contribution in [2.45, 2.75) is 64.7 Å². The van der Waals surface area contributed by atoms with Gasteiger partial charge in [0, 0.05) is 18.4 Å². The standard InChI is InChI=1S/C23H32N4O6/c1-14-17(22(28)32-4)19(20-21(27(30)31)24-13-26(20)3)18(15(2)25-14)23(29)33-12-8-11-16-9-6-5-7-10-16/h13,16,19,25H,5-12H2,1-4H3. The van der Waals surface area contributed by atoms with E-state index in [4.69, 9.17) is 9.47 Å². The first-order valence-electron chi connectivity index (χ1n) is 11.4. The molecule has 10 heteroatoms. The molecule has 2 aliphatic rings. The summed E-state index contributed by atoms with van der Waals surface area (Å²) in [5.74, 6) is -2.09. The molecule has 1 saturated carbocycles. The van der Waals surface area contributed by atoms with E-state index in [0.717, 1.165) is 12.8 Å². The molecule has 1 aliphatic carbocycles. The maximum atomic E-state index is 13.2. The second-order valence-corrected chi connectivity index (χ2v) is 8.73. The molecule has 1 aromatic heterocycles. The predicted octanol–water partition coefficient (Wildman–Crippen LogP) is 3.64. The van der Waals surface area contributed by atoms with E-state index in [-0.39, 0.29) is 23.4 Å². The Labute approximate surface area is 193 Å². The molecule has 1 unspecified atom stereocenters. The maximum absolute atomic E-state index is 13.2. The maximum Gasteiger partial charge on any atom is 0.385 e. The van der Waals surface area contributed by atoms with Crippen LogP contribution in [0.15, 0.2) is 28.9 Å². The van der Waals surface area contributed by atoms with Crippen molar-refractivity contribution in [2.24, 2.45) is 13.0 Å². The van der Waals surface area contributed by atoms with E-state index in [1.54, 1.807) is 20.9 Å². The van der Waals surface area contributed by atoms with E-state index in [1.807, 2.05) is 0 Å². The van der Waals surface area contributed by atoms with Crippen LogP contribution in [-0.2, 0) is 26.1 Å². The number of hydrogen-bond donors (Lipinski definition) is 1. The fourth-order valence-corrected chi connectivity index (χ4v) is 4.91. The van der Waals surface area contributed by atoms with Gasteiger partial charge in [-0.2, -0.15) is 0 Å². The average Bonchev–Trinajstić information content (AvgIpc) is 3.17. The molecule has 1 fully saturated rings. The quantitative estimate of drug-likeness (QED) is 0.270. The van der Waals surface area contributed by atoms with Gasteiger partial charge in [-0.3, -0.25) is 0 Å². The number of aryl methyl sites for hydroxylation is 1. The molecule has 0 bridgehead atoms. The predicted molar refractivity (Wildman–Crippen MR) is 120 cm³/mol. The van der Waals surface area contributed by atoms with Crippen LogP contribution in [0.4, 0.5) is 5.82 Å². The minimum atomic E-state index is -1.04. The van der Waals surface area contributed by atoms with Crippen LogP contribution in [0.3, 0.4) is 0 Å². The molecule has 0 saturated heterocycles. The summed E-state index contributed by atoms with van der Waals surface area (Å²) in [5, 5.41) is 14.7. The van der Waals surface area contributed by atoms with Crippen LogP contribution >= 0.6 is 0 Å². The van der Waals surface area contributed by atoms with Crippen LogP contribution in [0.5, 0.6) is 0 Å². The smallest absolute Gasteiger partial charge is 0.385 e. The number of esters is 2. The number of dihydropyridines is 1. The van der Waals surface area contributed by atoms with E-state index in [9.17, 15) is 19.7 Å². The lowest BCUT2D eigenvalue weighted by molar-refractivity contribution is -0.390. The Bertz CT molecular complexity index is 987. The number of methoxy groups -OCH3 is 1. The number of nitrogens with one attached hydrogen (secondary N) is 1. The highest BCUT2D eigenvalue weighted by Gasteiger charge is 2.43. The Morgan fingerprint density at radius 2 is 1.82 bits per heavy atom. The van der Waals surface area contributed by atoms with Gasteiger partial charge in [0.25, 0.3) is 0 Å². The lowest BCUT2D eigenvalue weighted by Crippen LogP contribution is -2.33. The molecular weight excluding hydrogens is 428 g/mol.